The highest BCUT2D eigenvalue weighted by molar-refractivity contribution is 5.66. The fourth-order valence-corrected chi connectivity index (χ4v) is 1.16. The summed E-state index contributed by atoms with van der Waals surface area (Å²) >= 11 is 0. The van der Waals surface area contributed by atoms with Gasteiger partial charge in [-0.15, -0.1) is 0 Å². The molecule has 0 amide bonds. The van der Waals surface area contributed by atoms with E-state index in [1.807, 2.05) is 0 Å². The van der Waals surface area contributed by atoms with E-state index in [2.05, 4.69) is 4.74 Å². The first-order valence-electron chi connectivity index (χ1n) is 4.45. The van der Waals surface area contributed by atoms with Crippen LogP contribution in [-0.2, 0) is 9.53 Å². The number of hydrogen-bond acceptors (Lipinski definition) is 2. The Morgan fingerprint density at radius 2 is 1.75 bits per heavy atom. The summed E-state index contributed by atoms with van der Waals surface area (Å²) in [7, 11) is 0. The van der Waals surface area contributed by atoms with Gasteiger partial charge in [-0.3, -0.25) is 4.79 Å². The maximum atomic E-state index is 13.1. The number of rotatable bonds is 3. The van der Waals surface area contributed by atoms with Crippen LogP contribution in [0.2, 0.25) is 0 Å². The van der Waals surface area contributed by atoms with Crippen LogP contribution < -0.4 is 0 Å². The molecule has 0 aliphatic rings. The minimum atomic E-state index is -2.49. The van der Waals surface area contributed by atoms with Gasteiger partial charge in [-0.2, -0.15) is 8.78 Å². The van der Waals surface area contributed by atoms with Crippen molar-refractivity contribution in [3.05, 3.63) is 47.8 Å². The number of hydrogen-bond donors (Lipinski definition) is 0. The molecule has 0 unspecified atom stereocenters. The zero-order chi connectivity index (χ0) is 12.1. The number of carbonyl (C=O) groups is 1. The molecule has 1 aromatic rings. The Labute approximate surface area is 90.3 Å². The summed E-state index contributed by atoms with van der Waals surface area (Å²) in [4.78, 5) is 10.7. The Morgan fingerprint density at radius 3 is 2.19 bits per heavy atom. The SMILES string of the molecule is CC(=O)O[C@@H](C(F)=C(F)F)c1ccccc1. The van der Waals surface area contributed by atoms with Crippen LogP contribution in [0, 0.1) is 0 Å². The second-order valence-electron chi connectivity index (χ2n) is 3.01. The molecule has 1 atom stereocenters. The predicted octanol–water partition coefficient (Wildman–Crippen LogP) is 3.37. The lowest BCUT2D eigenvalue weighted by atomic mass is 10.1. The molecule has 0 saturated carbocycles. The summed E-state index contributed by atoms with van der Waals surface area (Å²) in [5.74, 6) is -2.58. The Kier molecular flexibility index (Phi) is 4.10. The summed E-state index contributed by atoms with van der Waals surface area (Å²) in [6, 6.07) is 7.51. The molecule has 1 aromatic carbocycles. The average Bonchev–Trinajstić information content (AvgIpc) is 2.26. The molecule has 0 fully saturated rings. The largest absolute Gasteiger partial charge is 0.450 e. The van der Waals surface area contributed by atoms with Crippen LogP contribution in [0.5, 0.6) is 0 Å². The van der Waals surface area contributed by atoms with Gasteiger partial charge in [0.05, 0.1) is 0 Å². The molecule has 86 valence electrons. The molecule has 0 saturated heterocycles. The highest BCUT2D eigenvalue weighted by atomic mass is 19.3. The van der Waals surface area contributed by atoms with E-state index in [-0.39, 0.29) is 5.56 Å². The van der Waals surface area contributed by atoms with E-state index in [1.54, 1.807) is 6.07 Å². The van der Waals surface area contributed by atoms with Gasteiger partial charge in [-0.1, -0.05) is 30.3 Å². The minimum absolute atomic E-state index is 0.156. The monoisotopic (exact) mass is 230 g/mol. The molecule has 0 N–H and O–H groups in total. The van der Waals surface area contributed by atoms with E-state index in [0.717, 1.165) is 6.92 Å². The van der Waals surface area contributed by atoms with Crippen molar-refractivity contribution in [3.63, 3.8) is 0 Å². The van der Waals surface area contributed by atoms with E-state index in [4.69, 9.17) is 0 Å². The smallest absolute Gasteiger partial charge is 0.305 e. The van der Waals surface area contributed by atoms with E-state index in [1.165, 1.54) is 24.3 Å². The van der Waals surface area contributed by atoms with Crippen molar-refractivity contribution in [2.24, 2.45) is 0 Å². The number of halogens is 3. The molecule has 0 aliphatic carbocycles. The van der Waals surface area contributed by atoms with Crippen molar-refractivity contribution < 1.29 is 22.7 Å². The van der Waals surface area contributed by atoms with Gasteiger partial charge in [-0.25, -0.2) is 4.39 Å². The van der Waals surface area contributed by atoms with E-state index >= 15 is 0 Å². The third-order valence-corrected chi connectivity index (χ3v) is 1.80. The van der Waals surface area contributed by atoms with Gasteiger partial charge < -0.3 is 4.74 Å². The molecule has 0 bridgehead atoms. The van der Waals surface area contributed by atoms with Crippen LogP contribution >= 0.6 is 0 Å². The zero-order valence-electron chi connectivity index (χ0n) is 8.41. The minimum Gasteiger partial charge on any atom is -0.450 e. The maximum Gasteiger partial charge on any atom is 0.305 e. The molecular formula is C11H9F3O2. The van der Waals surface area contributed by atoms with Gasteiger partial charge in [0.25, 0.3) is 0 Å². The summed E-state index contributed by atoms with van der Waals surface area (Å²) in [6.45, 7) is 1.03. The number of benzene rings is 1. The van der Waals surface area contributed by atoms with Crippen LogP contribution in [0.15, 0.2) is 42.2 Å². The molecule has 0 aromatic heterocycles. The molecule has 5 heteroatoms. The van der Waals surface area contributed by atoms with Crippen LogP contribution in [0.1, 0.15) is 18.6 Å². The van der Waals surface area contributed by atoms with Gasteiger partial charge in [0, 0.05) is 6.92 Å². The maximum absolute atomic E-state index is 13.1. The van der Waals surface area contributed by atoms with Gasteiger partial charge in [0.15, 0.2) is 6.10 Å². The fourth-order valence-electron chi connectivity index (χ4n) is 1.16. The lowest BCUT2D eigenvalue weighted by Crippen LogP contribution is -2.09. The highest BCUT2D eigenvalue weighted by Gasteiger charge is 2.24. The normalized spacial score (nSPS) is 11.8. The highest BCUT2D eigenvalue weighted by Crippen LogP contribution is 2.30. The first-order chi connectivity index (χ1) is 7.52. The first kappa shape index (κ1) is 12.3. The second kappa shape index (κ2) is 5.34. The third-order valence-electron chi connectivity index (χ3n) is 1.80. The van der Waals surface area contributed by atoms with Crippen molar-refractivity contribution in [1.82, 2.24) is 0 Å². The summed E-state index contributed by atoms with van der Waals surface area (Å²) < 4.78 is 41.9. The number of esters is 1. The number of ether oxygens (including phenoxy) is 1. The average molecular weight is 230 g/mol. The molecule has 0 radical (unpaired) electrons. The van der Waals surface area contributed by atoms with Gasteiger partial charge in [0.2, 0.25) is 5.83 Å². The molecule has 0 spiro atoms. The second-order valence-corrected chi connectivity index (χ2v) is 3.01. The van der Waals surface area contributed by atoms with Crippen LogP contribution in [0.25, 0.3) is 0 Å². The van der Waals surface area contributed by atoms with Gasteiger partial charge in [-0.05, 0) is 5.56 Å². The van der Waals surface area contributed by atoms with Crippen LogP contribution in [0.4, 0.5) is 13.2 Å². The Morgan fingerprint density at radius 1 is 1.19 bits per heavy atom. The zero-order valence-corrected chi connectivity index (χ0v) is 8.41. The quantitative estimate of drug-likeness (QED) is 0.744. The van der Waals surface area contributed by atoms with E-state index in [0.29, 0.717) is 0 Å². The molecule has 0 heterocycles. The lowest BCUT2D eigenvalue weighted by molar-refractivity contribution is -0.145. The molecule has 2 nitrogen and oxygen atoms in total. The lowest BCUT2D eigenvalue weighted by Gasteiger charge is -2.14. The topological polar surface area (TPSA) is 26.3 Å². The first-order valence-corrected chi connectivity index (χ1v) is 4.45. The summed E-state index contributed by atoms with van der Waals surface area (Å²) in [6.07, 6.45) is -4.17. The molecule has 1 rings (SSSR count). The van der Waals surface area contributed by atoms with Crippen LogP contribution in [-0.4, -0.2) is 5.97 Å². The van der Waals surface area contributed by atoms with Crippen molar-refractivity contribution in [2.75, 3.05) is 0 Å². The van der Waals surface area contributed by atoms with Gasteiger partial charge in [0.1, 0.15) is 0 Å². The molecule has 16 heavy (non-hydrogen) atoms. The third kappa shape index (κ3) is 3.12. The standard InChI is InChI=1S/C11H9F3O2/c1-7(15)16-10(9(12)11(13)14)8-5-3-2-4-6-8/h2-6,10H,1H3/t10-/m1/s1. The van der Waals surface area contributed by atoms with Crippen molar-refractivity contribution in [1.29, 1.82) is 0 Å². The van der Waals surface area contributed by atoms with E-state index in [9.17, 15) is 18.0 Å². The Hall–Kier alpha value is -1.78. The summed E-state index contributed by atoms with van der Waals surface area (Å²) in [5, 5.41) is 0. The predicted molar refractivity (Wildman–Crippen MR) is 51.3 cm³/mol. The van der Waals surface area contributed by atoms with Crippen LogP contribution in [0.3, 0.4) is 0 Å². The van der Waals surface area contributed by atoms with Crippen molar-refractivity contribution >= 4 is 5.97 Å². The number of carbonyl (C=O) groups excluding carboxylic acids is 1. The summed E-state index contributed by atoms with van der Waals surface area (Å²) in [5.41, 5.74) is 0.156. The van der Waals surface area contributed by atoms with E-state index < -0.39 is 24.0 Å². The molecule has 0 aliphatic heterocycles. The van der Waals surface area contributed by atoms with Crippen molar-refractivity contribution in [2.45, 2.75) is 13.0 Å². The molecular weight excluding hydrogens is 221 g/mol. The van der Waals surface area contributed by atoms with Gasteiger partial charge >= 0.3 is 12.0 Å². The van der Waals surface area contributed by atoms with Crippen molar-refractivity contribution in [3.8, 4) is 0 Å². The fraction of sp³-hybridized carbons (Fsp3) is 0.182. The Balaban J connectivity index is 3.07. The Bertz CT molecular complexity index is 397.